The molecular weight excluding hydrogens is 311 g/mol. The van der Waals surface area contributed by atoms with Crippen LogP contribution in [-0.4, -0.2) is 31.8 Å². The van der Waals surface area contributed by atoms with E-state index in [0.717, 1.165) is 38.7 Å². The highest BCUT2D eigenvalue weighted by Crippen LogP contribution is 2.33. The van der Waals surface area contributed by atoms with E-state index in [9.17, 15) is 9.18 Å². The second-order valence-electron chi connectivity index (χ2n) is 6.61. The molecule has 24 heavy (non-hydrogen) atoms. The highest BCUT2D eigenvalue weighted by atomic mass is 19.1. The Labute approximate surface area is 141 Å². The number of halogens is 1. The molecular formula is C18H25FN2O3. The molecule has 0 radical (unpaired) electrons. The molecule has 3 N–H and O–H groups in total. The average Bonchev–Trinajstić information content (AvgIpc) is 3.25. The first-order chi connectivity index (χ1) is 11.7. The second kappa shape index (κ2) is 7.94. The zero-order valence-corrected chi connectivity index (χ0v) is 13.8. The van der Waals surface area contributed by atoms with E-state index in [4.69, 9.17) is 15.2 Å². The summed E-state index contributed by atoms with van der Waals surface area (Å²) in [6, 6.07) is 4.18. The van der Waals surface area contributed by atoms with Gasteiger partial charge in [0.25, 0.3) is 0 Å². The minimum atomic E-state index is -0.406. The van der Waals surface area contributed by atoms with Crippen LogP contribution < -0.4 is 15.8 Å². The van der Waals surface area contributed by atoms with Crippen LogP contribution in [0.4, 0.5) is 10.1 Å². The minimum Gasteiger partial charge on any atom is -0.489 e. The summed E-state index contributed by atoms with van der Waals surface area (Å²) >= 11 is 0. The molecule has 0 spiro atoms. The molecule has 1 aliphatic heterocycles. The van der Waals surface area contributed by atoms with Crippen molar-refractivity contribution in [1.82, 2.24) is 0 Å². The molecule has 5 nitrogen and oxygen atoms in total. The van der Waals surface area contributed by atoms with Crippen molar-refractivity contribution in [3.05, 3.63) is 24.0 Å². The van der Waals surface area contributed by atoms with E-state index in [1.807, 2.05) is 0 Å². The summed E-state index contributed by atoms with van der Waals surface area (Å²) in [6.45, 7) is 1.66. The van der Waals surface area contributed by atoms with Crippen LogP contribution in [0.3, 0.4) is 0 Å². The summed E-state index contributed by atoms with van der Waals surface area (Å²) in [6.07, 6.45) is 4.86. The van der Waals surface area contributed by atoms with Gasteiger partial charge in [-0.3, -0.25) is 4.79 Å². The number of hydrogen-bond donors (Lipinski definition) is 2. The highest BCUT2D eigenvalue weighted by molar-refractivity contribution is 5.94. The van der Waals surface area contributed by atoms with E-state index in [2.05, 4.69) is 5.32 Å². The summed E-state index contributed by atoms with van der Waals surface area (Å²) in [7, 11) is 0. The molecule has 1 saturated heterocycles. The predicted octanol–water partition coefficient (Wildman–Crippen LogP) is 2.70. The molecule has 0 aromatic heterocycles. The molecule has 3 rings (SSSR count). The van der Waals surface area contributed by atoms with E-state index in [1.54, 1.807) is 6.07 Å². The first kappa shape index (κ1) is 17.2. The molecule has 1 saturated carbocycles. The van der Waals surface area contributed by atoms with Gasteiger partial charge in [0.05, 0.1) is 11.8 Å². The molecule has 2 aliphatic rings. The number of ether oxygens (including phenoxy) is 2. The van der Waals surface area contributed by atoms with Crippen LogP contribution >= 0.6 is 0 Å². The van der Waals surface area contributed by atoms with E-state index in [0.29, 0.717) is 24.6 Å². The Morgan fingerprint density at radius 1 is 1.33 bits per heavy atom. The van der Waals surface area contributed by atoms with Crippen LogP contribution in [0.2, 0.25) is 0 Å². The SMILES string of the molecule is NC[C@H]1CCC[C@H]1C(=O)Nc1cc(F)ccc1OCC1CCCO1. The first-order valence-corrected chi connectivity index (χ1v) is 8.72. The lowest BCUT2D eigenvalue weighted by molar-refractivity contribution is -0.120. The summed E-state index contributed by atoms with van der Waals surface area (Å²) < 4.78 is 24.9. The smallest absolute Gasteiger partial charge is 0.227 e. The maximum Gasteiger partial charge on any atom is 0.227 e. The molecule has 132 valence electrons. The maximum atomic E-state index is 13.6. The fraction of sp³-hybridized carbons (Fsp3) is 0.611. The first-order valence-electron chi connectivity index (χ1n) is 8.72. The largest absolute Gasteiger partial charge is 0.489 e. The van der Waals surface area contributed by atoms with Gasteiger partial charge in [0.1, 0.15) is 18.2 Å². The molecule has 2 fully saturated rings. The monoisotopic (exact) mass is 336 g/mol. The van der Waals surface area contributed by atoms with Gasteiger partial charge in [0.15, 0.2) is 0 Å². The van der Waals surface area contributed by atoms with Gasteiger partial charge in [-0.1, -0.05) is 6.42 Å². The van der Waals surface area contributed by atoms with Gasteiger partial charge in [0.2, 0.25) is 5.91 Å². The molecule has 0 bridgehead atoms. The van der Waals surface area contributed by atoms with E-state index in [-0.39, 0.29) is 23.8 Å². The summed E-state index contributed by atoms with van der Waals surface area (Å²) in [5, 5.41) is 2.83. The third-order valence-corrected chi connectivity index (χ3v) is 4.95. The number of nitrogens with one attached hydrogen (secondary N) is 1. The van der Waals surface area contributed by atoms with Crippen LogP contribution in [0.5, 0.6) is 5.75 Å². The molecule has 1 aromatic rings. The van der Waals surface area contributed by atoms with Gasteiger partial charge >= 0.3 is 0 Å². The molecule has 1 aliphatic carbocycles. The van der Waals surface area contributed by atoms with Crippen molar-refractivity contribution in [3.63, 3.8) is 0 Å². The summed E-state index contributed by atoms with van der Waals surface area (Å²) in [5.41, 5.74) is 6.12. The van der Waals surface area contributed by atoms with E-state index in [1.165, 1.54) is 12.1 Å². The van der Waals surface area contributed by atoms with Crippen molar-refractivity contribution in [2.75, 3.05) is 25.1 Å². The Morgan fingerprint density at radius 2 is 2.21 bits per heavy atom. The zero-order chi connectivity index (χ0) is 16.9. The number of rotatable bonds is 6. The van der Waals surface area contributed by atoms with E-state index < -0.39 is 5.82 Å². The second-order valence-corrected chi connectivity index (χ2v) is 6.61. The van der Waals surface area contributed by atoms with Gasteiger partial charge in [0, 0.05) is 18.6 Å². The van der Waals surface area contributed by atoms with Crippen LogP contribution in [0.1, 0.15) is 32.1 Å². The van der Waals surface area contributed by atoms with Crippen molar-refractivity contribution in [3.8, 4) is 5.75 Å². The molecule has 3 atom stereocenters. The average molecular weight is 336 g/mol. The summed E-state index contributed by atoms with van der Waals surface area (Å²) in [4.78, 5) is 12.5. The zero-order valence-electron chi connectivity index (χ0n) is 13.8. The Kier molecular flexibility index (Phi) is 5.68. The molecule has 1 heterocycles. The maximum absolute atomic E-state index is 13.6. The Bertz CT molecular complexity index is 575. The fourth-order valence-corrected chi connectivity index (χ4v) is 3.57. The molecule has 1 unspecified atom stereocenters. The van der Waals surface area contributed by atoms with Crippen LogP contribution in [-0.2, 0) is 9.53 Å². The topological polar surface area (TPSA) is 73.6 Å². The van der Waals surface area contributed by atoms with Crippen molar-refractivity contribution >= 4 is 11.6 Å². The number of anilines is 1. The van der Waals surface area contributed by atoms with E-state index >= 15 is 0 Å². The Hall–Kier alpha value is -1.66. The standard InChI is InChI=1S/C18H25FN2O3/c19-13-6-7-17(24-11-14-4-2-8-23-14)16(9-13)21-18(22)15-5-1-3-12(15)10-20/h6-7,9,12,14-15H,1-5,8,10-11,20H2,(H,21,22)/t12-,14?,15-/m1/s1. The van der Waals surface area contributed by atoms with Crippen molar-refractivity contribution in [2.24, 2.45) is 17.6 Å². The lowest BCUT2D eigenvalue weighted by atomic mass is 9.95. The normalized spacial score (nSPS) is 26.5. The number of carbonyl (C=O) groups is 1. The third-order valence-electron chi connectivity index (χ3n) is 4.95. The van der Waals surface area contributed by atoms with Gasteiger partial charge in [-0.2, -0.15) is 0 Å². The molecule has 6 heteroatoms. The minimum absolute atomic E-state index is 0.0649. The fourth-order valence-electron chi connectivity index (χ4n) is 3.57. The number of nitrogens with two attached hydrogens (primary N) is 1. The number of carbonyl (C=O) groups excluding carboxylic acids is 1. The van der Waals surface area contributed by atoms with Gasteiger partial charge in [-0.15, -0.1) is 0 Å². The van der Waals surface area contributed by atoms with Crippen molar-refractivity contribution in [1.29, 1.82) is 0 Å². The molecule has 1 aromatic carbocycles. The summed E-state index contributed by atoms with van der Waals surface area (Å²) in [5.74, 6) is 0.0636. The predicted molar refractivity (Wildman–Crippen MR) is 89.4 cm³/mol. The Morgan fingerprint density at radius 3 is 2.96 bits per heavy atom. The lowest BCUT2D eigenvalue weighted by Gasteiger charge is -2.19. The molecule has 1 amide bonds. The lowest BCUT2D eigenvalue weighted by Crippen LogP contribution is -2.30. The van der Waals surface area contributed by atoms with Gasteiger partial charge in [-0.05, 0) is 50.3 Å². The highest BCUT2D eigenvalue weighted by Gasteiger charge is 2.32. The van der Waals surface area contributed by atoms with Crippen LogP contribution in [0.15, 0.2) is 18.2 Å². The third kappa shape index (κ3) is 4.05. The van der Waals surface area contributed by atoms with Crippen molar-refractivity contribution < 1.29 is 18.7 Å². The van der Waals surface area contributed by atoms with Gasteiger partial charge < -0.3 is 20.5 Å². The quantitative estimate of drug-likeness (QED) is 0.838. The number of hydrogen-bond acceptors (Lipinski definition) is 4. The van der Waals surface area contributed by atoms with Crippen LogP contribution in [0.25, 0.3) is 0 Å². The van der Waals surface area contributed by atoms with Crippen LogP contribution in [0, 0.1) is 17.7 Å². The Balaban J connectivity index is 1.66. The van der Waals surface area contributed by atoms with Crippen molar-refractivity contribution in [2.45, 2.75) is 38.2 Å². The number of amides is 1. The van der Waals surface area contributed by atoms with Gasteiger partial charge in [-0.25, -0.2) is 4.39 Å². The number of benzene rings is 1.